The first-order valence-electron chi connectivity index (χ1n) is 7.50. The molecule has 1 aliphatic rings. The highest BCUT2D eigenvalue weighted by molar-refractivity contribution is 7.90. The van der Waals surface area contributed by atoms with Crippen molar-refractivity contribution in [3.05, 3.63) is 29.8 Å². The molecular formula is C15H25N3O2S. The summed E-state index contributed by atoms with van der Waals surface area (Å²) < 4.78 is 28.9. The first-order valence-corrected chi connectivity index (χ1v) is 8.94. The Labute approximate surface area is 127 Å². The lowest BCUT2D eigenvalue weighted by atomic mass is 9.99. The van der Waals surface area contributed by atoms with Gasteiger partial charge in [0, 0.05) is 18.8 Å². The molecule has 118 valence electrons. The number of nitrogens with two attached hydrogens (primary N) is 1. The molecule has 1 saturated heterocycles. The van der Waals surface area contributed by atoms with Gasteiger partial charge in [0.15, 0.2) is 0 Å². The lowest BCUT2D eigenvalue weighted by Gasteiger charge is -2.30. The van der Waals surface area contributed by atoms with Crippen molar-refractivity contribution in [1.29, 1.82) is 0 Å². The van der Waals surface area contributed by atoms with Gasteiger partial charge in [-0.1, -0.05) is 26.0 Å². The van der Waals surface area contributed by atoms with Gasteiger partial charge < -0.3 is 5.73 Å². The van der Waals surface area contributed by atoms with Crippen LogP contribution in [0.25, 0.3) is 0 Å². The van der Waals surface area contributed by atoms with Gasteiger partial charge in [0.25, 0.3) is 0 Å². The predicted molar refractivity (Wildman–Crippen MR) is 86.4 cm³/mol. The van der Waals surface area contributed by atoms with Crippen LogP contribution in [0.4, 0.5) is 5.69 Å². The van der Waals surface area contributed by atoms with E-state index in [0.717, 1.165) is 12.8 Å². The normalized spacial score (nSPS) is 18.1. The van der Waals surface area contributed by atoms with Gasteiger partial charge in [-0.3, -0.25) is 4.72 Å². The molecule has 5 nitrogen and oxygen atoms in total. The third-order valence-electron chi connectivity index (χ3n) is 4.07. The van der Waals surface area contributed by atoms with E-state index in [9.17, 15) is 8.42 Å². The molecule has 0 bridgehead atoms. The summed E-state index contributed by atoms with van der Waals surface area (Å²) in [6.45, 7) is 5.95. The van der Waals surface area contributed by atoms with Gasteiger partial charge in [0.05, 0.1) is 0 Å². The SMILES string of the molecule is CC(C)c1ccc(NS(=O)(=O)N2CCC(CN)CC2)cc1. The first kappa shape index (κ1) is 16.3. The van der Waals surface area contributed by atoms with E-state index in [1.54, 1.807) is 0 Å². The summed E-state index contributed by atoms with van der Waals surface area (Å²) >= 11 is 0. The summed E-state index contributed by atoms with van der Waals surface area (Å²) in [4.78, 5) is 0. The minimum atomic E-state index is -3.46. The van der Waals surface area contributed by atoms with Gasteiger partial charge in [-0.05, 0) is 48.9 Å². The van der Waals surface area contributed by atoms with Crippen molar-refractivity contribution in [2.75, 3.05) is 24.4 Å². The van der Waals surface area contributed by atoms with Crippen LogP contribution in [0.1, 0.15) is 38.2 Å². The second-order valence-corrected chi connectivity index (χ2v) is 7.63. The van der Waals surface area contributed by atoms with Crippen LogP contribution in [0, 0.1) is 5.92 Å². The summed E-state index contributed by atoms with van der Waals surface area (Å²) in [5.41, 5.74) is 7.44. The Morgan fingerprint density at radius 1 is 1.24 bits per heavy atom. The molecular weight excluding hydrogens is 286 g/mol. The molecule has 1 aromatic carbocycles. The second-order valence-electron chi connectivity index (χ2n) is 5.96. The van der Waals surface area contributed by atoms with Crippen LogP contribution in [0.5, 0.6) is 0 Å². The summed E-state index contributed by atoms with van der Waals surface area (Å²) in [5, 5.41) is 0. The topological polar surface area (TPSA) is 75.4 Å². The Morgan fingerprint density at radius 2 is 1.81 bits per heavy atom. The van der Waals surface area contributed by atoms with Gasteiger partial charge in [0.2, 0.25) is 0 Å². The molecule has 0 saturated carbocycles. The summed E-state index contributed by atoms with van der Waals surface area (Å²) in [7, 11) is -3.46. The molecule has 0 atom stereocenters. The van der Waals surface area contributed by atoms with Crippen molar-refractivity contribution in [1.82, 2.24) is 4.31 Å². The molecule has 0 unspecified atom stereocenters. The van der Waals surface area contributed by atoms with Crippen LogP contribution < -0.4 is 10.5 Å². The van der Waals surface area contributed by atoms with E-state index in [2.05, 4.69) is 18.6 Å². The molecule has 0 radical (unpaired) electrons. The molecule has 3 N–H and O–H groups in total. The van der Waals surface area contributed by atoms with Crippen LogP contribution in [0.2, 0.25) is 0 Å². The minimum Gasteiger partial charge on any atom is -0.330 e. The third-order valence-corrected chi connectivity index (χ3v) is 5.61. The quantitative estimate of drug-likeness (QED) is 0.875. The monoisotopic (exact) mass is 311 g/mol. The third kappa shape index (κ3) is 4.18. The molecule has 0 aliphatic carbocycles. The van der Waals surface area contributed by atoms with Crippen molar-refractivity contribution >= 4 is 15.9 Å². The van der Waals surface area contributed by atoms with Crippen molar-refractivity contribution < 1.29 is 8.42 Å². The Bertz CT molecular complexity index is 547. The Balaban J connectivity index is 2.01. The van der Waals surface area contributed by atoms with Gasteiger partial charge in [0.1, 0.15) is 0 Å². The predicted octanol–water partition coefficient (Wildman–Crippen LogP) is 2.14. The van der Waals surface area contributed by atoms with E-state index < -0.39 is 10.2 Å². The number of hydrogen-bond acceptors (Lipinski definition) is 3. The number of anilines is 1. The van der Waals surface area contributed by atoms with E-state index in [0.29, 0.717) is 37.2 Å². The number of rotatable bonds is 5. The summed E-state index contributed by atoms with van der Waals surface area (Å²) in [6.07, 6.45) is 1.67. The maximum absolute atomic E-state index is 12.4. The van der Waals surface area contributed by atoms with E-state index >= 15 is 0 Å². The highest BCUT2D eigenvalue weighted by Gasteiger charge is 2.27. The molecule has 0 amide bonds. The zero-order valence-electron chi connectivity index (χ0n) is 12.7. The number of hydrogen-bond donors (Lipinski definition) is 2. The second kappa shape index (κ2) is 6.77. The lowest BCUT2D eigenvalue weighted by molar-refractivity contribution is 0.280. The van der Waals surface area contributed by atoms with Crippen LogP contribution in [0.15, 0.2) is 24.3 Å². The van der Waals surface area contributed by atoms with Crippen molar-refractivity contribution in [2.45, 2.75) is 32.6 Å². The average Bonchev–Trinajstić information content (AvgIpc) is 2.47. The number of nitrogens with one attached hydrogen (secondary N) is 1. The number of piperidine rings is 1. The summed E-state index contributed by atoms with van der Waals surface area (Å²) in [5.74, 6) is 0.882. The maximum atomic E-state index is 12.4. The maximum Gasteiger partial charge on any atom is 0.301 e. The van der Waals surface area contributed by atoms with Gasteiger partial charge in [-0.15, -0.1) is 0 Å². The molecule has 1 aromatic rings. The van der Waals surface area contributed by atoms with Crippen molar-refractivity contribution in [3.63, 3.8) is 0 Å². The summed E-state index contributed by atoms with van der Waals surface area (Å²) in [6, 6.07) is 7.56. The fraction of sp³-hybridized carbons (Fsp3) is 0.600. The lowest BCUT2D eigenvalue weighted by Crippen LogP contribution is -2.42. The van der Waals surface area contributed by atoms with Crippen molar-refractivity contribution in [2.24, 2.45) is 11.7 Å². The van der Waals surface area contributed by atoms with E-state index in [1.807, 2.05) is 24.3 Å². The van der Waals surface area contributed by atoms with Crippen LogP contribution >= 0.6 is 0 Å². The average molecular weight is 311 g/mol. The first-order chi connectivity index (χ1) is 9.92. The smallest absolute Gasteiger partial charge is 0.301 e. The standard InChI is InChI=1S/C15H25N3O2S/c1-12(2)14-3-5-15(6-4-14)17-21(19,20)18-9-7-13(11-16)8-10-18/h3-6,12-13,17H,7-11,16H2,1-2H3. The van der Waals surface area contributed by atoms with E-state index in [1.165, 1.54) is 9.87 Å². The molecule has 1 heterocycles. The minimum absolute atomic E-state index is 0.436. The van der Waals surface area contributed by atoms with Gasteiger partial charge in [-0.2, -0.15) is 12.7 Å². The molecule has 21 heavy (non-hydrogen) atoms. The molecule has 2 rings (SSSR count). The Hall–Kier alpha value is -1.11. The Kier molecular flexibility index (Phi) is 5.24. The van der Waals surface area contributed by atoms with Crippen LogP contribution in [-0.2, 0) is 10.2 Å². The number of benzene rings is 1. The fourth-order valence-corrected chi connectivity index (χ4v) is 3.79. The Morgan fingerprint density at radius 3 is 2.29 bits per heavy atom. The van der Waals surface area contributed by atoms with Gasteiger partial charge >= 0.3 is 10.2 Å². The molecule has 0 aromatic heterocycles. The van der Waals surface area contributed by atoms with Crippen LogP contribution in [0.3, 0.4) is 0 Å². The molecule has 6 heteroatoms. The van der Waals surface area contributed by atoms with E-state index in [-0.39, 0.29) is 0 Å². The fourth-order valence-electron chi connectivity index (χ4n) is 2.53. The molecule has 1 aliphatic heterocycles. The largest absolute Gasteiger partial charge is 0.330 e. The zero-order chi connectivity index (χ0) is 15.5. The van der Waals surface area contributed by atoms with Crippen LogP contribution in [-0.4, -0.2) is 32.4 Å². The number of nitrogens with zero attached hydrogens (tertiary/aromatic N) is 1. The highest BCUT2D eigenvalue weighted by atomic mass is 32.2. The van der Waals surface area contributed by atoms with E-state index in [4.69, 9.17) is 5.73 Å². The molecule has 0 spiro atoms. The highest BCUT2D eigenvalue weighted by Crippen LogP contribution is 2.21. The van der Waals surface area contributed by atoms with Gasteiger partial charge in [-0.25, -0.2) is 0 Å². The molecule has 1 fully saturated rings. The zero-order valence-corrected chi connectivity index (χ0v) is 13.6. The van der Waals surface area contributed by atoms with Crippen molar-refractivity contribution in [3.8, 4) is 0 Å².